The average Bonchev–Trinajstić information content (AvgIpc) is 2.12. The molecule has 0 N–H and O–H groups in total. The van der Waals surface area contributed by atoms with Gasteiger partial charge in [-0.3, -0.25) is 0 Å². The molecule has 0 unspecified atom stereocenters. The first kappa shape index (κ1) is 12.7. The molecule has 1 aromatic heterocycles. The normalized spacial score (nSPS) is 6.55. The second kappa shape index (κ2) is 16.0. The summed E-state index contributed by atoms with van der Waals surface area (Å²) in [6.07, 6.45) is 6.12. The van der Waals surface area contributed by atoms with Crippen molar-refractivity contribution in [2.24, 2.45) is 0 Å². The number of hydrogen-bond donors (Lipinski definition) is 0. The Morgan fingerprint density at radius 3 is 1.45 bits per heavy atom. The Kier molecular flexibility index (Phi) is 18.6. The van der Waals surface area contributed by atoms with Gasteiger partial charge in [-0.1, -0.05) is 34.1 Å². The van der Waals surface area contributed by atoms with Crippen LogP contribution in [0.2, 0.25) is 0 Å². The lowest BCUT2D eigenvalue weighted by molar-refractivity contribution is 1.09. The maximum Gasteiger partial charge on any atom is 0.115 e. The summed E-state index contributed by atoms with van der Waals surface area (Å²) in [5.74, 6) is 0. The van der Waals surface area contributed by atoms with Crippen LogP contribution in [0.4, 0.5) is 0 Å². The van der Waals surface area contributed by atoms with Crippen LogP contribution in [-0.4, -0.2) is 9.97 Å². The van der Waals surface area contributed by atoms with Gasteiger partial charge in [-0.15, -0.1) is 0 Å². The molecule has 1 heterocycles. The molecule has 0 saturated carbocycles. The molecule has 0 bridgehead atoms. The molecule has 0 aliphatic heterocycles. The molecular weight excluding hydrogens is 136 g/mol. The quantitative estimate of drug-likeness (QED) is 0.574. The fourth-order valence-electron chi connectivity index (χ4n) is 0.253. The summed E-state index contributed by atoms with van der Waals surface area (Å²) in [6.45, 7) is 8.25. The molecule has 0 aromatic carbocycles. The predicted molar refractivity (Wildman–Crippen MR) is 49.3 cm³/mol. The predicted octanol–water partition coefficient (Wildman–Crippen LogP) is 2.92. The summed E-state index contributed by atoms with van der Waals surface area (Å²) in [6, 6.07) is 1.78. The highest BCUT2D eigenvalue weighted by Gasteiger charge is 1.59. The number of hydrogen-bond acceptors (Lipinski definition) is 2. The van der Waals surface area contributed by atoms with Crippen molar-refractivity contribution in [2.75, 3.05) is 0 Å². The lowest BCUT2D eigenvalue weighted by Gasteiger charge is -1.70. The topological polar surface area (TPSA) is 25.8 Å². The van der Waals surface area contributed by atoms with Gasteiger partial charge in [-0.25, -0.2) is 9.97 Å². The van der Waals surface area contributed by atoms with Crippen LogP contribution in [0.1, 0.15) is 34.1 Å². The maximum absolute atomic E-state index is 3.67. The fraction of sp³-hybridized carbons (Fsp3) is 0.556. The van der Waals surface area contributed by atoms with Gasteiger partial charge in [0.05, 0.1) is 0 Å². The minimum atomic E-state index is 1.25. The Labute approximate surface area is 69.7 Å². The zero-order valence-corrected chi connectivity index (χ0v) is 7.91. The van der Waals surface area contributed by atoms with Crippen LogP contribution in [0.25, 0.3) is 0 Å². The summed E-state index contributed by atoms with van der Waals surface area (Å²) in [5, 5.41) is 0. The third kappa shape index (κ3) is 17.6. The van der Waals surface area contributed by atoms with Crippen LogP contribution in [0, 0.1) is 0 Å². The van der Waals surface area contributed by atoms with E-state index in [1.807, 2.05) is 13.8 Å². The molecule has 0 saturated heterocycles. The van der Waals surface area contributed by atoms with Gasteiger partial charge in [-0.2, -0.15) is 0 Å². The first-order valence-electron chi connectivity index (χ1n) is 4.11. The molecule has 1 rings (SSSR count). The van der Waals surface area contributed by atoms with Gasteiger partial charge in [0.1, 0.15) is 6.33 Å². The fourth-order valence-corrected chi connectivity index (χ4v) is 0.253. The largest absolute Gasteiger partial charge is 0.245 e. The number of nitrogens with zero attached hydrogens (tertiary/aromatic N) is 2. The molecule has 0 atom stereocenters. The maximum atomic E-state index is 3.67. The molecule has 0 aliphatic carbocycles. The highest BCUT2D eigenvalue weighted by atomic mass is 14.8. The van der Waals surface area contributed by atoms with Crippen LogP contribution in [-0.2, 0) is 0 Å². The van der Waals surface area contributed by atoms with E-state index in [2.05, 4.69) is 23.8 Å². The first-order valence-corrected chi connectivity index (χ1v) is 4.11. The van der Waals surface area contributed by atoms with Crippen LogP contribution < -0.4 is 0 Å². The zero-order chi connectivity index (χ0) is 8.95. The van der Waals surface area contributed by atoms with Crippen molar-refractivity contribution in [1.29, 1.82) is 0 Å². The van der Waals surface area contributed by atoms with Crippen molar-refractivity contribution < 1.29 is 0 Å². The van der Waals surface area contributed by atoms with Crippen molar-refractivity contribution in [3.8, 4) is 0 Å². The highest BCUT2D eigenvalue weighted by Crippen LogP contribution is 1.66. The minimum Gasteiger partial charge on any atom is -0.245 e. The highest BCUT2D eigenvalue weighted by molar-refractivity contribution is 4.74. The second-order valence-corrected chi connectivity index (χ2v) is 1.61. The third-order valence-electron chi connectivity index (χ3n) is 0.478. The Balaban J connectivity index is 0. The van der Waals surface area contributed by atoms with E-state index in [-0.39, 0.29) is 0 Å². The Bertz CT molecular complexity index is 90.4. The van der Waals surface area contributed by atoms with Crippen LogP contribution in [0.5, 0.6) is 0 Å². The Morgan fingerprint density at radius 1 is 1.00 bits per heavy atom. The van der Waals surface area contributed by atoms with Crippen LogP contribution in [0.3, 0.4) is 0 Å². The van der Waals surface area contributed by atoms with E-state index in [9.17, 15) is 0 Å². The molecule has 0 amide bonds. The summed E-state index contributed by atoms with van der Waals surface area (Å²) in [7, 11) is 0. The Hall–Kier alpha value is -0.920. The van der Waals surface area contributed by atoms with Gasteiger partial charge in [0.25, 0.3) is 0 Å². The number of aromatic nitrogens is 2. The van der Waals surface area contributed by atoms with Crippen molar-refractivity contribution >= 4 is 0 Å². The summed E-state index contributed by atoms with van der Waals surface area (Å²) >= 11 is 0. The van der Waals surface area contributed by atoms with Gasteiger partial charge in [0, 0.05) is 12.4 Å². The van der Waals surface area contributed by atoms with Gasteiger partial charge >= 0.3 is 0 Å². The van der Waals surface area contributed by atoms with Crippen LogP contribution in [0.15, 0.2) is 24.8 Å². The summed E-state index contributed by atoms with van der Waals surface area (Å²) < 4.78 is 0. The van der Waals surface area contributed by atoms with Gasteiger partial charge in [0.15, 0.2) is 0 Å². The molecule has 2 heteroatoms. The second-order valence-electron chi connectivity index (χ2n) is 1.61. The third-order valence-corrected chi connectivity index (χ3v) is 0.478. The van der Waals surface area contributed by atoms with E-state index in [0.717, 1.165) is 0 Å². The van der Waals surface area contributed by atoms with E-state index in [4.69, 9.17) is 0 Å². The average molecular weight is 154 g/mol. The molecule has 0 radical (unpaired) electrons. The molecule has 11 heavy (non-hydrogen) atoms. The van der Waals surface area contributed by atoms with Crippen molar-refractivity contribution in [2.45, 2.75) is 34.1 Å². The monoisotopic (exact) mass is 154 g/mol. The summed E-state index contributed by atoms with van der Waals surface area (Å²) in [5.41, 5.74) is 0. The van der Waals surface area contributed by atoms with Crippen LogP contribution >= 0.6 is 0 Å². The minimum absolute atomic E-state index is 1.25. The zero-order valence-electron chi connectivity index (χ0n) is 7.91. The molecule has 0 aliphatic rings. The SMILES string of the molecule is CC.CCC.c1cncnc1. The van der Waals surface area contributed by atoms with Gasteiger partial charge in [0.2, 0.25) is 0 Å². The van der Waals surface area contributed by atoms with E-state index < -0.39 is 0 Å². The molecular formula is C9H18N2. The van der Waals surface area contributed by atoms with E-state index in [1.54, 1.807) is 18.5 Å². The summed E-state index contributed by atoms with van der Waals surface area (Å²) in [4.78, 5) is 7.35. The van der Waals surface area contributed by atoms with Crippen molar-refractivity contribution in [3.63, 3.8) is 0 Å². The first-order chi connectivity index (χ1) is 5.41. The van der Waals surface area contributed by atoms with E-state index >= 15 is 0 Å². The van der Waals surface area contributed by atoms with E-state index in [1.165, 1.54) is 12.7 Å². The molecule has 1 aromatic rings. The lowest BCUT2D eigenvalue weighted by Crippen LogP contribution is -1.66. The molecule has 64 valence electrons. The van der Waals surface area contributed by atoms with Crippen molar-refractivity contribution in [3.05, 3.63) is 24.8 Å². The van der Waals surface area contributed by atoms with Gasteiger partial charge in [-0.05, 0) is 6.07 Å². The molecule has 0 spiro atoms. The standard InChI is InChI=1S/C4H4N2.C3H8.C2H6/c1-2-5-4-6-3-1;1-3-2;1-2/h1-4H;3H2,1-2H3;1-2H3. The lowest BCUT2D eigenvalue weighted by atomic mass is 10.6. The molecule has 0 fully saturated rings. The van der Waals surface area contributed by atoms with Crippen molar-refractivity contribution in [1.82, 2.24) is 9.97 Å². The number of rotatable bonds is 0. The van der Waals surface area contributed by atoms with Gasteiger partial charge < -0.3 is 0 Å². The Morgan fingerprint density at radius 2 is 1.36 bits per heavy atom. The molecule has 2 nitrogen and oxygen atoms in total. The smallest absolute Gasteiger partial charge is 0.115 e. The van der Waals surface area contributed by atoms with E-state index in [0.29, 0.717) is 0 Å².